The van der Waals surface area contributed by atoms with E-state index in [4.69, 9.17) is 29.9 Å². The highest BCUT2D eigenvalue weighted by molar-refractivity contribution is 6.12. The maximum absolute atomic E-state index is 15.6. The summed E-state index contributed by atoms with van der Waals surface area (Å²) in [4.78, 5) is 30.0. The number of rotatable bonds is 10. The van der Waals surface area contributed by atoms with E-state index in [-0.39, 0.29) is 16.7 Å². The average Bonchev–Trinajstić information content (AvgIpc) is 2.02. The Morgan fingerprint density at radius 3 is 1.15 bits per heavy atom. The summed E-state index contributed by atoms with van der Waals surface area (Å²) in [7, 11) is 0. The van der Waals surface area contributed by atoms with Crippen molar-refractivity contribution in [1.82, 2.24) is 39.0 Å². The molecule has 4 heterocycles. The first kappa shape index (κ1) is 52.6. The zero-order valence-electron chi connectivity index (χ0n) is 46.4. The molecule has 11 aromatic carbocycles. The van der Waals surface area contributed by atoms with E-state index < -0.39 is 11.7 Å². The molecular weight excluding hydrogens is 1100 g/mol. The van der Waals surface area contributed by atoms with Crippen molar-refractivity contribution >= 4 is 43.6 Å². The molecule has 0 bridgehead atoms. The zero-order chi connectivity index (χ0) is 59.5. The molecule has 0 aliphatic rings. The van der Waals surface area contributed by atoms with Crippen LogP contribution in [0.2, 0.25) is 0 Å². The molecular formula is C75H43F3N10. The average molecular weight is 1140 g/mol. The van der Waals surface area contributed by atoms with Crippen LogP contribution in [0.25, 0.3) is 146 Å². The molecule has 0 atom stereocenters. The molecule has 0 N–H and O–H groups in total. The van der Waals surface area contributed by atoms with E-state index in [0.717, 1.165) is 83.1 Å². The Morgan fingerprint density at radius 1 is 0.295 bits per heavy atom. The van der Waals surface area contributed by atoms with Crippen LogP contribution in [0.15, 0.2) is 261 Å². The van der Waals surface area contributed by atoms with Gasteiger partial charge in [0.25, 0.3) is 0 Å². The standard InChI is InChI=1S/C75H43F3N10/c76-75(77,78)63-40-47(45-80)29-34-56(63)55-35-33-54(87-64-27-15-13-25-57(64)61-41-52(31-37-66(61)87)73-83-69(48-17-5-1-6-18-48)81-70(84-73)49-19-7-2-8-20-49)43-59(55)60-39-46(44-79)30-36-67(60)88-65-28-16-14-26-58(65)62-42-53(32-38-68(62)88)74-85-71(50-21-9-3-10-22-50)82-72(86-74)51-23-11-4-12-24-51/h1-43H. The fraction of sp³-hybridized carbons (Fsp3) is 0.0133. The molecule has 0 saturated heterocycles. The predicted molar refractivity (Wildman–Crippen MR) is 340 cm³/mol. The minimum absolute atomic E-state index is 0.134. The number of para-hydroxylation sites is 2. The summed E-state index contributed by atoms with van der Waals surface area (Å²) < 4.78 is 50.9. The molecule has 0 radical (unpaired) electrons. The number of benzene rings is 11. The Balaban J connectivity index is 0.947. The van der Waals surface area contributed by atoms with Gasteiger partial charge in [0.2, 0.25) is 0 Å². The zero-order valence-corrected chi connectivity index (χ0v) is 46.4. The Hall–Kier alpha value is -12.2. The molecule has 10 nitrogen and oxygen atoms in total. The number of fused-ring (bicyclic) bond motifs is 6. The van der Waals surface area contributed by atoms with Crippen LogP contribution in [0.5, 0.6) is 0 Å². The van der Waals surface area contributed by atoms with Gasteiger partial charge in [-0.25, -0.2) is 29.9 Å². The fourth-order valence-corrected chi connectivity index (χ4v) is 11.9. The molecule has 0 saturated carbocycles. The van der Waals surface area contributed by atoms with Crippen molar-refractivity contribution in [2.45, 2.75) is 6.18 Å². The minimum atomic E-state index is -4.85. The SMILES string of the molecule is N#Cc1ccc(-n2c3ccccc3c3cc(-c4nc(-c5ccccc5)nc(-c5ccccc5)n4)ccc32)c(-c2cc(-n3c4ccccc4c4cc(-c5nc(-c6ccccc6)nc(-c6ccccc6)n5)ccc43)ccc2-c2ccc(C#N)cc2C(F)(F)F)c1. The van der Waals surface area contributed by atoms with Gasteiger partial charge in [0, 0.05) is 66.2 Å². The lowest BCUT2D eigenvalue weighted by atomic mass is 9.89. The first-order chi connectivity index (χ1) is 43.1. The third kappa shape index (κ3) is 9.33. The summed E-state index contributed by atoms with van der Waals surface area (Å²) in [5.74, 6) is 3.03. The number of nitriles is 2. The highest BCUT2D eigenvalue weighted by Crippen LogP contribution is 2.47. The van der Waals surface area contributed by atoms with Crippen LogP contribution in [-0.2, 0) is 6.18 Å². The smallest absolute Gasteiger partial charge is 0.309 e. The van der Waals surface area contributed by atoms with Gasteiger partial charge >= 0.3 is 6.18 Å². The topological polar surface area (TPSA) is 135 Å². The summed E-state index contributed by atoms with van der Waals surface area (Å²) in [6.07, 6.45) is -4.85. The lowest BCUT2D eigenvalue weighted by molar-refractivity contribution is -0.137. The van der Waals surface area contributed by atoms with Crippen molar-refractivity contribution in [2.75, 3.05) is 0 Å². The van der Waals surface area contributed by atoms with E-state index >= 15 is 13.2 Å². The summed E-state index contributed by atoms with van der Waals surface area (Å²) in [6.45, 7) is 0. The first-order valence-electron chi connectivity index (χ1n) is 28.3. The van der Waals surface area contributed by atoms with E-state index in [2.05, 4.69) is 27.3 Å². The molecule has 0 aliphatic heterocycles. The number of hydrogen-bond acceptors (Lipinski definition) is 8. The molecule has 0 aliphatic carbocycles. The normalized spacial score (nSPS) is 11.6. The van der Waals surface area contributed by atoms with Gasteiger partial charge in [-0.1, -0.05) is 170 Å². The maximum Gasteiger partial charge on any atom is 0.417 e. The van der Waals surface area contributed by atoms with Gasteiger partial charge in [0.15, 0.2) is 34.9 Å². The monoisotopic (exact) mass is 1140 g/mol. The first-order valence-corrected chi connectivity index (χ1v) is 28.3. The van der Waals surface area contributed by atoms with Crippen LogP contribution in [0.3, 0.4) is 0 Å². The second-order valence-electron chi connectivity index (χ2n) is 21.2. The second-order valence-corrected chi connectivity index (χ2v) is 21.2. The van der Waals surface area contributed by atoms with Crippen molar-refractivity contribution in [1.29, 1.82) is 10.5 Å². The van der Waals surface area contributed by atoms with Gasteiger partial charge in [0.05, 0.1) is 56.6 Å². The quantitative estimate of drug-likeness (QED) is 0.132. The van der Waals surface area contributed by atoms with Crippen LogP contribution in [0.4, 0.5) is 13.2 Å². The number of hydrogen-bond donors (Lipinski definition) is 0. The predicted octanol–water partition coefficient (Wildman–Crippen LogP) is 18.3. The van der Waals surface area contributed by atoms with Crippen LogP contribution < -0.4 is 0 Å². The van der Waals surface area contributed by atoms with Crippen LogP contribution in [-0.4, -0.2) is 39.0 Å². The van der Waals surface area contributed by atoms with E-state index in [1.165, 1.54) is 12.1 Å². The molecule has 88 heavy (non-hydrogen) atoms. The Kier molecular flexibility index (Phi) is 12.8. The molecule has 0 amide bonds. The molecule has 414 valence electrons. The Morgan fingerprint density at radius 2 is 0.682 bits per heavy atom. The maximum atomic E-state index is 15.6. The van der Waals surface area contributed by atoms with Crippen molar-refractivity contribution in [2.24, 2.45) is 0 Å². The van der Waals surface area contributed by atoms with E-state index in [1.807, 2.05) is 218 Å². The Bertz CT molecular complexity index is 5220. The van der Waals surface area contributed by atoms with Crippen LogP contribution >= 0.6 is 0 Å². The molecule has 15 rings (SSSR count). The van der Waals surface area contributed by atoms with Gasteiger partial charge < -0.3 is 9.13 Å². The van der Waals surface area contributed by atoms with Crippen molar-refractivity contribution in [3.63, 3.8) is 0 Å². The summed E-state index contributed by atoms with van der Waals surface area (Å²) >= 11 is 0. The Labute approximate surface area is 501 Å². The fourth-order valence-electron chi connectivity index (χ4n) is 11.9. The minimum Gasteiger partial charge on any atom is -0.309 e. The third-order valence-corrected chi connectivity index (χ3v) is 15.9. The number of aromatic nitrogens is 8. The molecule has 4 aromatic heterocycles. The summed E-state index contributed by atoms with van der Waals surface area (Å²) in [6, 6.07) is 85.8. The van der Waals surface area contributed by atoms with Crippen LogP contribution in [0.1, 0.15) is 16.7 Å². The van der Waals surface area contributed by atoms with Crippen molar-refractivity contribution in [3.8, 4) is 114 Å². The largest absolute Gasteiger partial charge is 0.417 e. The molecule has 15 aromatic rings. The van der Waals surface area contributed by atoms with Gasteiger partial charge in [-0.05, 0) is 108 Å². The van der Waals surface area contributed by atoms with E-state index in [0.29, 0.717) is 63.0 Å². The number of nitrogens with zero attached hydrogens (tertiary/aromatic N) is 10. The number of halogens is 3. The highest BCUT2D eigenvalue weighted by atomic mass is 19.4. The van der Waals surface area contributed by atoms with Gasteiger partial charge in [-0.15, -0.1) is 0 Å². The molecule has 0 spiro atoms. The number of alkyl halides is 3. The third-order valence-electron chi connectivity index (χ3n) is 15.9. The molecule has 0 fully saturated rings. The van der Waals surface area contributed by atoms with Crippen LogP contribution in [0, 0.1) is 22.7 Å². The van der Waals surface area contributed by atoms with Gasteiger partial charge in [0.1, 0.15) is 0 Å². The second kappa shape index (κ2) is 21.5. The van der Waals surface area contributed by atoms with E-state index in [1.54, 1.807) is 18.2 Å². The summed E-state index contributed by atoms with van der Waals surface area (Å²) in [5, 5.41) is 24.2. The summed E-state index contributed by atoms with van der Waals surface area (Å²) in [5.41, 5.74) is 9.50. The lowest BCUT2D eigenvalue weighted by Crippen LogP contribution is -2.08. The van der Waals surface area contributed by atoms with Crippen molar-refractivity contribution in [3.05, 3.63) is 278 Å². The molecule has 0 unspecified atom stereocenters. The van der Waals surface area contributed by atoms with Gasteiger partial charge in [-0.2, -0.15) is 23.7 Å². The van der Waals surface area contributed by atoms with E-state index in [9.17, 15) is 10.5 Å². The molecule has 13 heteroatoms. The van der Waals surface area contributed by atoms with Crippen molar-refractivity contribution < 1.29 is 13.2 Å². The highest BCUT2D eigenvalue weighted by Gasteiger charge is 2.35. The van der Waals surface area contributed by atoms with Gasteiger partial charge in [-0.3, -0.25) is 0 Å². The lowest BCUT2D eigenvalue weighted by Gasteiger charge is -2.21.